The van der Waals surface area contributed by atoms with E-state index < -0.39 is 5.91 Å². The first-order chi connectivity index (χ1) is 13.1. The third kappa shape index (κ3) is 5.09. The number of nitrogens with zero attached hydrogens (tertiary/aromatic N) is 1. The molecule has 0 bridgehead atoms. The highest BCUT2D eigenvalue weighted by Crippen LogP contribution is 2.12. The van der Waals surface area contributed by atoms with Gasteiger partial charge in [-0.05, 0) is 48.0 Å². The minimum Gasteiger partial charge on any atom is -0.322 e. The lowest BCUT2D eigenvalue weighted by molar-refractivity contribution is 0.0953. The summed E-state index contributed by atoms with van der Waals surface area (Å²) in [5, 5.41) is 6.60. The van der Waals surface area contributed by atoms with Crippen molar-refractivity contribution in [3.05, 3.63) is 101 Å². The van der Waals surface area contributed by atoms with Crippen LogP contribution in [0.1, 0.15) is 26.3 Å². The van der Waals surface area contributed by atoms with Crippen molar-refractivity contribution in [1.29, 1.82) is 0 Å². The molecular weight excluding hydrogens is 345 g/mol. The van der Waals surface area contributed by atoms with E-state index in [2.05, 4.69) is 15.8 Å². The highest BCUT2D eigenvalue weighted by molar-refractivity contribution is 6.05. The van der Waals surface area contributed by atoms with Crippen molar-refractivity contribution in [2.24, 2.45) is 5.10 Å². The first kappa shape index (κ1) is 18.0. The van der Waals surface area contributed by atoms with Crippen LogP contribution < -0.4 is 10.7 Å². The predicted molar refractivity (Wildman–Crippen MR) is 102 cm³/mol. The van der Waals surface area contributed by atoms with Gasteiger partial charge in [-0.1, -0.05) is 36.4 Å². The van der Waals surface area contributed by atoms with Crippen LogP contribution in [0.3, 0.4) is 0 Å². The van der Waals surface area contributed by atoms with E-state index in [1.807, 2.05) is 6.07 Å². The maximum Gasteiger partial charge on any atom is 0.271 e. The van der Waals surface area contributed by atoms with Crippen LogP contribution in [-0.2, 0) is 0 Å². The topological polar surface area (TPSA) is 70.6 Å². The van der Waals surface area contributed by atoms with Crippen molar-refractivity contribution in [2.45, 2.75) is 0 Å². The van der Waals surface area contributed by atoms with Gasteiger partial charge in [-0.3, -0.25) is 9.59 Å². The van der Waals surface area contributed by atoms with Crippen LogP contribution in [-0.4, -0.2) is 18.0 Å². The number of rotatable bonds is 5. The van der Waals surface area contributed by atoms with Crippen molar-refractivity contribution in [2.75, 3.05) is 5.32 Å². The van der Waals surface area contributed by atoms with Crippen molar-refractivity contribution in [3.8, 4) is 0 Å². The molecule has 3 rings (SSSR count). The fourth-order valence-electron chi connectivity index (χ4n) is 2.31. The number of anilines is 1. The monoisotopic (exact) mass is 361 g/mol. The van der Waals surface area contributed by atoms with Crippen molar-refractivity contribution in [3.63, 3.8) is 0 Å². The van der Waals surface area contributed by atoms with Gasteiger partial charge in [-0.2, -0.15) is 5.10 Å². The Kier molecular flexibility index (Phi) is 5.69. The molecule has 27 heavy (non-hydrogen) atoms. The molecule has 0 saturated heterocycles. The van der Waals surface area contributed by atoms with Crippen LogP contribution in [0.25, 0.3) is 0 Å². The Bertz CT molecular complexity index is 970. The number of halogens is 1. The number of hydrazone groups is 1. The van der Waals surface area contributed by atoms with Gasteiger partial charge in [0.15, 0.2) is 0 Å². The molecule has 0 aliphatic heterocycles. The second-order valence-electron chi connectivity index (χ2n) is 5.65. The van der Waals surface area contributed by atoms with Gasteiger partial charge in [0.25, 0.3) is 11.8 Å². The van der Waals surface area contributed by atoms with E-state index in [9.17, 15) is 14.0 Å². The average Bonchev–Trinajstić information content (AvgIpc) is 2.70. The number of hydrogen-bond acceptors (Lipinski definition) is 3. The van der Waals surface area contributed by atoms with Crippen LogP contribution in [0, 0.1) is 5.82 Å². The normalized spacial score (nSPS) is 10.6. The molecule has 6 heteroatoms. The van der Waals surface area contributed by atoms with Crippen LogP contribution in [0.15, 0.2) is 84.0 Å². The van der Waals surface area contributed by atoms with E-state index in [0.29, 0.717) is 22.4 Å². The summed E-state index contributed by atoms with van der Waals surface area (Å²) < 4.78 is 12.9. The molecule has 0 aliphatic rings. The maximum atomic E-state index is 12.9. The first-order valence-electron chi connectivity index (χ1n) is 8.17. The highest BCUT2D eigenvalue weighted by atomic mass is 19.1. The van der Waals surface area contributed by atoms with E-state index in [4.69, 9.17) is 0 Å². The van der Waals surface area contributed by atoms with Crippen LogP contribution in [0.4, 0.5) is 10.1 Å². The minimum absolute atomic E-state index is 0.262. The SMILES string of the molecule is O=C(N/N=C/c1ccc(F)cc1)c1cccc(NC(=O)c2ccccc2)c1. The zero-order valence-electron chi connectivity index (χ0n) is 14.2. The second kappa shape index (κ2) is 8.53. The average molecular weight is 361 g/mol. The molecular formula is C21H16FN3O2. The van der Waals surface area contributed by atoms with Crippen molar-refractivity contribution < 1.29 is 14.0 Å². The molecule has 134 valence electrons. The van der Waals surface area contributed by atoms with Crippen molar-refractivity contribution in [1.82, 2.24) is 5.43 Å². The molecule has 0 unspecified atom stereocenters. The van der Waals surface area contributed by atoms with Gasteiger partial charge in [-0.15, -0.1) is 0 Å². The smallest absolute Gasteiger partial charge is 0.271 e. The maximum absolute atomic E-state index is 12.9. The van der Waals surface area contributed by atoms with Crippen LogP contribution in [0.2, 0.25) is 0 Å². The quantitative estimate of drug-likeness (QED) is 0.535. The second-order valence-corrected chi connectivity index (χ2v) is 5.65. The molecule has 0 spiro atoms. The minimum atomic E-state index is -0.427. The molecule has 2 amide bonds. The Balaban J connectivity index is 1.63. The highest BCUT2D eigenvalue weighted by Gasteiger charge is 2.08. The number of nitrogens with one attached hydrogen (secondary N) is 2. The molecule has 0 aliphatic carbocycles. The standard InChI is InChI=1S/C21H16FN3O2/c22-18-11-9-15(10-12-18)14-23-25-21(27)17-7-4-8-19(13-17)24-20(26)16-5-2-1-3-6-16/h1-14H,(H,24,26)(H,25,27)/b23-14+. The molecule has 0 aromatic heterocycles. The van der Waals surface area contributed by atoms with Crippen molar-refractivity contribution >= 4 is 23.7 Å². The van der Waals surface area contributed by atoms with Gasteiger partial charge in [0.1, 0.15) is 5.82 Å². The summed E-state index contributed by atoms with van der Waals surface area (Å²) in [7, 11) is 0. The zero-order valence-corrected chi connectivity index (χ0v) is 14.2. The number of carbonyl (C=O) groups is 2. The Morgan fingerprint density at radius 3 is 2.26 bits per heavy atom. The largest absolute Gasteiger partial charge is 0.322 e. The van der Waals surface area contributed by atoms with E-state index >= 15 is 0 Å². The third-order valence-electron chi connectivity index (χ3n) is 3.67. The Labute approximate surface area is 155 Å². The van der Waals surface area contributed by atoms with Gasteiger partial charge >= 0.3 is 0 Å². The predicted octanol–water partition coefficient (Wildman–Crippen LogP) is 3.84. The zero-order chi connectivity index (χ0) is 19.1. The van der Waals surface area contributed by atoms with E-state index in [-0.39, 0.29) is 11.7 Å². The lowest BCUT2D eigenvalue weighted by Crippen LogP contribution is -2.18. The molecule has 5 nitrogen and oxygen atoms in total. The summed E-state index contributed by atoms with van der Waals surface area (Å²) in [5.41, 5.74) is 4.42. The van der Waals surface area contributed by atoms with Crippen LogP contribution >= 0.6 is 0 Å². The van der Waals surface area contributed by atoms with Crippen LogP contribution in [0.5, 0.6) is 0 Å². The Hall–Kier alpha value is -3.80. The lowest BCUT2D eigenvalue weighted by atomic mass is 10.1. The van der Waals surface area contributed by atoms with E-state index in [1.54, 1.807) is 60.7 Å². The fraction of sp³-hybridized carbons (Fsp3) is 0. The molecule has 3 aromatic carbocycles. The Morgan fingerprint density at radius 2 is 1.52 bits per heavy atom. The molecule has 0 radical (unpaired) electrons. The first-order valence-corrected chi connectivity index (χ1v) is 8.17. The molecule has 0 atom stereocenters. The fourth-order valence-corrected chi connectivity index (χ4v) is 2.31. The number of benzene rings is 3. The van der Waals surface area contributed by atoms with Gasteiger partial charge in [0, 0.05) is 16.8 Å². The molecule has 2 N–H and O–H groups in total. The number of carbonyl (C=O) groups excluding carboxylic acids is 2. The molecule has 0 fully saturated rings. The van der Waals surface area contributed by atoms with Gasteiger partial charge < -0.3 is 5.32 Å². The summed E-state index contributed by atoms with van der Waals surface area (Å²) in [6.45, 7) is 0. The van der Waals surface area contributed by atoms with E-state index in [0.717, 1.165) is 0 Å². The summed E-state index contributed by atoms with van der Waals surface area (Å²) >= 11 is 0. The van der Waals surface area contributed by atoms with E-state index in [1.165, 1.54) is 18.3 Å². The number of amides is 2. The molecule has 3 aromatic rings. The molecule has 0 heterocycles. The summed E-state index contributed by atoms with van der Waals surface area (Å²) in [4.78, 5) is 24.4. The third-order valence-corrected chi connectivity index (χ3v) is 3.67. The van der Waals surface area contributed by atoms with Gasteiger partial charge in [-0.25, -0.2) is 9.82 Å². The van der Waals surface area contributed by atoms with Gasteiger partial charge in [0.05, 0.1) is 6.21 Å². The lowest BCUT2D eigenvalue weighted by Gasteiger charge is -2.07. The molecule has 0 saturated carbocycles. The summed E-state index contributed by atoms with van der Waals surface area (Å²) in [6, 6.07) is 21.0. The van der Waals surface area contributed by atoms with Gasteiger partial charge in [0.2, 0.25) is 0 Å². The summed E-state index contributed by atoms with van der Waals surface area (Å²) in [5.74, 6) is -1.03. The number of hydrogen-bond donors (Lipinski definition) is 2. The Morgan fingerprint density at radius 1 is 0.815 bits per heavy atom. The summed E-state index contributed by atoms with van der Waals surface area (Å²) in [6.07, 6.45) is 1.42.